The minimum Gasteiger partial charge on any atom is -0.399 e. The Labute approximate surface area is 106 Å². The van der Waals surface area contributed by atoms with E-state index in [9.17, 15) is 4.79 Å². The monoisotopic (exact) mass is 250 g/mol. The lowest BCUT2D eigenvalue weighted by molar-refractivity contribution is 0.0768. The van der Waals surface area contributed by atoms with Gasteiger partial charge < -0.3 is 10.6 Å². The highest BCUT2D eigenvalue weighted by atomic mass is 32.2. The molecular formula is C13H18N2OS. The molecule has 92 valence electrons. The highest BCUT2D eigenvalue weighted by Crippen LogP contribution is 2.16. The molecule has 2 N–H and O–H groups in total. The lowest BCUT2D eigenvalue weighted by atomic mass is 10.1. The third kappa shape index (κ3) is 3.16. The van der Waals surface area contributed by atoms with Gasteiger partial charge in [0, 0.05) is 30.1 Å². The molecule has 17 heavy (non-hydrogen) atoms. The second-order valence-corrected chi connectivity index (χ2v) is 5.62. The molecule has 4 heteroatoms. The van der Waals surface area contributed by atoms with Crippen molar-refractivity contribution in [1.29, 1.82) is 0 Å². The molecule has 1 aliphatic rings. The van der Waals surface area contributed by atoms with Crippen LogP contribution in [-0.4, -0.2) is 35.4 Å². The highest BCUT2D eigenvalue weighted by molar-refractivity contribution is 7.99. The molecule has 3 nitrogen and oxygen atoms in total. The van der Waals surface area contributed by atoms with Crippen LogP contribution in [0.15, 0.2) is 18.2 Å². The van der Waals surface area contributed by atoms with Gasteiger partial charge in [0.15, 0.2) is 0 Å². The lowest BCUT2D eigenvalue weighted by Crippen LogP contribution is -2.33. The van der Waals surface area contributed by atoms with Crippen LogP contribution < -0.4 is 5.73 Å². The molecule has 0 saturated carbocycles. The summed E-state index contributed by atoms with van der Waals surface area (Å²) < 4.78 is 0. The summed E-state index contributed by atoms with van der Waals surface area (Å²) >= 11 is 1.92. The molecule has 0 spiro atoms. The smallest absolute Gasteiger partial charge is 0.253 e. The normalized spacial score (nSPS) is 16.6. The third-order valence-electron chi connectivity index (χ3n) is 2.86. The van der Waals surface area contributed by atoms with Crippen LogP contribution in [-0.2, 0) is 0 Å². The number of anilines is 1. The minimum absolute atomic E-state index is 0.114. The van der Waals surface area contributed by atoms with Crippen LogP contribution in [0.3, 0.4) is 0 Å². The van der Waals surface area contributed by atoms with E-state index in [-0.39, 0.29) is 5.91 Å². The Kier molecular flexibility index (Phi) is 3.94. The van der Waals surface area contributed by atoms with E-state index < -0.39 is 0 Å². The maximum absolute atomic E-state index is 12.3. The van der Waals surface area contributed by atoms with Crippen molar-refractivity contribution in [3.05, 3.63) is 29.3 Å². The quantitative estimate of drug-likeness (QED) is 0.777. The molecule has 0 atom stereocenters. The standard InChI is InChI=1S/C13H18N2OS/c1-10-7-11(9-12(14)8-10)13(16)15-3-2-5-17-6-4-15/h7-9H,2-6,14H2,1H3. The number of nitrogens with zero attached hydrogens (tertiary/aromatic N) is 1. The maximum Gasteiger partial charge on any atom is 0.253 e. The lowest BCUT2D eigenvalue weighted by Gasteiger charge is -2.20. The van der Waals surface area contributed by atoms with Gasteiger partial charge in [0.25, 0.3) is 5.91 Å². The minimum atomic E-state index is 0.114. The topological polar surface area (TPSA) is 46.3 Å². The summed E-state index contributed by atoms with van der Waals surface area (Å²) in [6.45, 7) is 3.67. The Balaban J connectivity index is 2.17. The zero-order valence-corrected chi connectivity index (χ0v) is 10.9. The number of benzene rings is 1. The van der Waals surface area contributed by atoms with Crippen LogP contribution in [0.1, 0.15) is 22.3 Å². The Bertz CT molecular complexity index is 392. The number of aryl methyl sites for hydroxylation is 1. The van der Waals surface area contributed by atoms with Gasteiger partial charge in [0.2, 0.25) is 0 Å². The number of thioether (sulfide) groups is 1. The summed E-state index contributed by atoms with van der Waals surface area (Å²) in [4.78, 5) is 14.3. The van der Waals surface area contributed by atoms with E-state index in [4.69, 9.17) is 5.73 Å². The van der Waals surface area contributed by atoms with Crippen molar-refractivity contribution < 1.29 is 4.79 Å². The summed E-state index contributed by atoms with van der Waals surface area (Å²) in [5, 5.41) is 0. The Morgan fingerprint density at radius 2 is 2.12 bits per heavy atom. The van der Waals surface area contributed by atoms with E-state index in [0.717, 1.165) is 42.1 Å². The molecule has 0 unspecified atom stereocenters. The van der Waals surface area contributed by atoms with Crippen LogP contribution in [0.4, 0.5) is 5.69 Å². The highest BCUT2D eigenvalue weighted by Gasteiger charge is 2.17. The zero-order chi connectivity index (χ0) is 12.3. The third-order valence-corrected chi connectivity index (χ3v) is 3.90. The first-order valence-electron chi connectivity index (χ1n) is 5.91. The first-order valence-corrected chi connectivity index (χ1v) is 7.06. The van der Waals surface area contributed by atoms with E-state index >= 15 is 0 Å². The molecule has 1 heterocycles. The SMILES string of the molecule is Cc1cc(N)cc(C(=O)N2CCCSCC2)c1. The van der Waals surface area contributed by atoms with Gasteiger partial charge in [-0.3, -0.25) is 4.79 Å². The summed E-state index contributed by atoms with van der Waals surface area (Å²) in [6, 6.07) is 5.57. The maximum atomic E-state index is 12.3. The van der Waals surface area contributed by atoms with Gasteiger partial charge in [-0.15, -0.1) is 0 Å². The average molecular weight is 250 g/mol. The number of nitrogen functional groups attached to an aromatic ring is 1. The summed E-state index contributed by atoms with van der Waals surface area (Å²) in [7, 11) is 0. The van der Waals surface area contributed by atoms with Crippen LogP contribution in [0.5, 0.6) is 0 Å². The van der Waals surface area contributed by atoms with Crippen molar-refractivity contribution in [2.24, 2.45) is 0 Å². The molecule has 0 aliphatic carbocycles. The van der Waals surface area contributed by atoms with Crippen molar-refractivity contribution in [1.82, 2.24) is 4.90 Å². The van der Waals surface area contributed by atoms with Crippen LogP contribution in [0, 0.1) is 6.92 Å². The van der Waals surface area contributed by atoms with E-state index in [1.807, 2.05) is 35.7 Å². The zero-order valence-electron chi connectivity index (χ0n) is 10.1. The number of carbonyl (C=O) groups is 1. The molecular weight excluding hydrogens is 232 g/mol. The molecule has 2 rings (SSSR count). The Morgan fingerprint density at radius 3 is 2.88 bits per heavy atom. The number of carbonyl (C=O) groups excluding carboxylic acids is 1. The fourth-order valence-electron chi connectivity index (χ4n) is 2.07. The van der Waals surface area contributed by atoms with Crippen molar-refractivity contribution in [2.75, 3.05) is 30.3 Å². The van der Waals surface area contributed by atoms with Gasteiger partial charge in [-0.05, 0) is 42.9 Å². The molecule has 1 amide bonds. The van der Waals surface area contributed by atoms with E-state index in [0.29, 0.717) is 5.69 Å². The van der Waals surface area contributed by atoms with Gasteiger partial charge in [0.05, 0.1) is 0 Å². The predicted octanol–water partition coefficient (Wildman–Crippen LogP) is 2.16. The molecule has 1 aromatic carbocycles. The number of amides is 1. The second-order valence-electron chi connectivity index (χ2n) is 4.39. The fourth-order valence-corrected chi connectivity index (χ4v) is 2.95. The molecule has 1 saturated heterocycles. The van der Waals surface area contributed by atoms with Gasteiger partial charge >= 0.3 is 0 Å². The average Bonchev–Trinajstić information content (AvgIpc) is 2.55. The number of nitrogens with two attached hydrogens (primary N) is 1. The van der Waals surface area contributed by atoms with Crippen molar-refractivity contribution in [3.63, 3.8) is 0 Å². The number of hydrogen-bond acceptors (Lipinski definition) is 3. The van der Waals surface area contributed by atoms with Gasteiger partial charge in [-0.1, -0.05) is 0 Å². The molecule has 1 aliphatic heterocycles. The van der Waals surface area contributed by atoms with Crippen molar-refractivity contribution in [2.45, 2.75) is 13.3 Å². The number of hydrogen-bond donors (Lipinski definition) is 1. The molecule has 1 aromatic rings. The molecule has 0 bridgehead atoms. The van der Waals surface area contributed by atoms with E-state index in [1.54, 1.807) is 6.07 Å². The first-order chi connectivity index (χ1) is 8.16. The second kappa shape index (κ2) is 5.45. The van der Waals surface area contributed by atoms with Crippen molar-refractivity contribution >= 4 is 23.4 Å². The van der Waals surface area contributed by atoms with Crippen LogP contribution in [0.2, 0.25) is 0 Å². The summed E-state index contributed by atoms with van der Waals surface area (Å²) in [5.74, 6) is 2.30. The largest absolute Gasteiger partial charge is 0.399 e. The Morgan fingerprint density at radius 1 is 1.29 bits per heavy atom. The van der Waals surface area contributed by atoms with Gasteiger partial charge in [0.1, 0.15) is 0 Å². The fraction of sp³-hybridized carbons (Fsp3) is 0.462. The Hall–Kier alpha value is -1.16. The first kappa shape index (κ1) is 12.3. The van der Waals surface area contributed by atoms with Crippen LogP contribution in [0.25, 0.3) is 0 Å². The summed E-state index contributed by atoms with van der Waals surface area (Å²) in [5.41, 5.74) is 8.20. The predicted molar refractivity (Wildman–Crippen MR) is 73.4 cm³/mol. The number of rotatable bonds is 1. The van der Waals surface area contributed by atoms with E-state index in [1.165, 1.54) is 0 Å². The van der Waals surface area contributed by atoms with Crippen molar-refractivity contribution in [3.8, 4) is 0 Å². The van der Waals surface area contributed by atoms with E-state index in [2.05, 4.69) is 0 Å². The van der Waals surface area contributed by atoms with Gasteiger partial charge in [-0.25, -0.2) is 0 Å². The van der Waals surface area contributed by atoms with Crippen LogP contribution >= 0.6 is 11.8 Å². The van der Waals surface area contributed by atoms with Gasteiger partial charge in [-0.2, -0.15) is 11.8 Å². The molecule has 1 fully saturated rings. The molecule has 0 aromatic heterocycles. The summed E-state index contributed by atoms with van der Waals surface area (Å²) in [6.07, 6.45) is 1.08. The molecule has 0 radical (unpaired) electrons.